The van der Waals surface area contributed by atoms with Crippen molar-refractivity contribution in [1.82, 2.24) is 0 Å². The first-order chi connectivity index (χ1) is 20.0. The Hall–Kier alpha value is -1.97. The van der Waals surface area contributed by atoms with Crippen LogP contribution >= 0.6 is 0 Å². The van der Waals surface area contributed by atoms with E-state index in [2.05, 4.69) is 13.8 Å². The smallest absolute Gasteiger partial charge is 0.201 e. The van der Waals surface area contributed by atoms with Crippen LogP contribution in [0.3, 0.4) is 0 Å². The van der Waals surface area contributed by atoms with Gasteiger partial charge in [0.2, 0.25) is 5.82 Å². The van der Waals surface area contributed by atoms with Crippen LogP contribution in [0.2, 0.25) is 0 Å². The molecule has 0 radical (unpaired) electrons. The number of hydrogen-bond acceptors (Lipinski definition) is 1. The van der Waals surface area contributed by atoms with E-state index in [0.29, 0.717) is 47.8 Å². The number of halogens is 3. The Morgan fingerprint density at radius 1 is 0.585 bits per heavy atom. The predicted octanol–water partition coefficient (Wildman–Crippen LogP) is 11.9. The molecule has 41 heavy (non-hydrogen) atoms. The van der Waals surface area contributed by atoms with Crippen LogP contribution in [0.15, 0.2) is 18.2 Å². The van der Waals surface area contributed by atoms with Crippen LogP contribution in [0.5, 0.6) is 11.5 Å². The van der Waals surface area contributed by atoms with Crippen LogP contribution in [0, 0.1) is 41.1 Å². The summed E-state index contributed by atoms with van der Waals surface area (Å²) < 4.78 is 51.7. The molecule has 0 atom stereocenters. The number of fused-ring (bicyclic) bond motifs is 2. The SMILES string of the molecule is CC.CCCC1CCC(CCc2cc3c(c(F)c2F)Oc2c(ccc(CCC4CCC(CCC)CC4)c2F)C3)CC1. The van der Waals surface area contributed by atoms with E-state index in [9.17, 15) is 0 Å². The van der Waals surface area contributed by atoms with Gasteiger partial charge in [-0.05, 0) is 66.5 Å². The van der Waals surface area contributed by atoms with Gasteiger partial charge in [-0.25, -0.2) is 8.78 Å². The summed E-state index contributed by atoms with van der Waals surface area (Å²) in [5.41, 5.74) is 2.40. The Balaban J connectivity index is 0.00000189. The Bertz CT molecular complexity index is 1110. The summed E-state index contributed by atoms with van der Waals surface area (Å²) in [4.78, 5) is 0. The Labute approximate surface area is 247 Å². The molecule has 0 aromatic heterocycles. The second kappa shape index (κ2) is 15.5. The molecule has 0 amide bonds. The molecular formula is C37H53F3O. The van der Waals surface area contributed by atoms with E-state index in [0.717, 1.165) is 30.2 Å². The maximum absolute atomic E-state index is 15.5. The molecule has 3 aliphatic rings. The third-order valence-corrected chi connectivity index (χ3v) is 10.1. The van der Waals surface area contributed by atoms with Crippen molar-refractivity contribution in [2.75, 3.05) is 0 Å². The van der Waals surface area contributed by atoms with Crippen LogP contribution in [0.1, 0.15) is 140 Å². The molecule has 0 saturated heterocycles. The van der Waals surface area contributed by atoms with Crippen molar-refractivity contribution in [3.8, 4) is 11.5 Å². The van der Waals surface area contributed by atoms with Crippen molar-refractivity contribution in [2.24, 2.45) is 23.7 Å². The molecule has 1 nitrogen and oxygen atoms in total. The highest BCUT2D eigenvalue weighted by molar-refractivity contribution is 5.53. The van der Waals surface area contributed by atoms with Gasteiger partial charge in [-0.15, -0.1) is 0 Å². The second-order valence-electron chi connectivity index (χ2n) is 12.9. The molecule has 2 fully saturated rings. The summed E-state index contributed by atoms with van der Waals surface area (Å²) in [6.07, 6.45) is 18.5. The molecule has 0 spiro atoms. The molecule has 2 aromatic carbocycles. The fourth-order valence-corrected chi connectivity index (χ4v) is 7.68. The topological polar surface area (TPSA) is 9.23 Å². The molecular weight excluding hydrogens is 517 g/mol. The van der Waals surface area contributed by atoms with Crippen LogP contribution in [0.4, 0.5) is 13.2 Å². The summed E-state index contributed by atoms with van der Waals surface area (Å²) in [6, 6.07) is 5.56. The van der Waals surface area contributed by atoms with Gasteiger partial charge in [-0.3, -0.25) is 0 Å². The van der Waals surface area contributed by atoms with Crippen LogP contribution < -0.4 is 4.74 Å². The predicted molar refractivity (Wildman–Crippen MR) is 164 cm³/mol. The summed E-state index contributed by atoms with van der Waals surface area (Å²) >= 11 is 0. The van der Waals surface area contributed by atoms with Crippen molar-refractivity contribution in [3.05, 3.63) is 57.9 Å². The lowest BCUT2D eigenvalue weighted by molar-refractivity contribution is 0.251. The van der Waals surface area contributed by atoms with E-state index in [-0.39, 0.29) is 11.5 Å². The lowest BCUT2D eigenvalue weighted by Crippen LogP contribution is -2.16. The van der Waals surface area contributed by atoms with Crippen molar-refractivity contribution >= 4 is 0 Å². The zero-order chi connectivity index (χ0) is 29.4. The first kappa shape index (κ1) is 32.0. The average molecular weight is 571 g/mol. The molecule has 4 heteroatoms. The number of ether oxygens (including phenoxy) is 1. The summed E-state index contributed by atoms with van der Waals surface area (Å²) in [5, 5.41) is 0. The molecule has 1 aliphatic heterocycles. The summed E-state index contributed by atoms with van der Waals surface area (Å²) in [7, 11) is 0. The van der Waals surface area contributed by atoms with Crippen molar-refractivity contribution in [1.29, 1.82) is 0 Å². The van der Waals surface area contributed by atoms with Gasteiger partial charge in [0.05, 0.1) is 0 Å². The molecule has 228 valence electrons. The summed E-state index contributed by atoms with van der Waals surface area (Å²) in [5.74, 6) is 0.699. The van der Waals surface area contributed by atoms with Gasteiger partial charge < -0.3 is 4.74 Å². The van der Waals surface area contributed by atoms with Crippen LogP contribution in [-0.2, 0) is 19.3 Å². The highest BCUT2D eigenvalue weighted by Gasteiger charge is 2.29. The van der Waals surface area contributed by atoms with Gasteiger partial charge >= 0.3 is 0 Å². The van der Waals surface area contributed by atoms with Gasteiger partial charge in [-0.2, -0.15) is 4.39 Å². The molecule has 5 rings (SSSR count). The van der Waals surface area contributed by atoms with Gasteiger partial charge in [0.1, 0.15) is 0 Å². The van der Waals surface area contributed by atoms with E-state index in [1.807, 2.05) is 26.0 Å². The quantitative estimate of drug-likeness (QED) is 0.235. The lowest BCUT2D eigenvalue weighted by Gasteiger charge is -2.29. The molecule has 2 aliphatic carbocycles. The number of aryl methyl sites for hydroxylation is 2. The van der Waals surface area contributed by atoms with Crippen LogP contribution in [0.25, 0.3) is 0 Å². The van der Waals surface area contributed by atoms with Crippen molar-refractivity contribution in [3.63, 3.8) is 0 Å². The van der Waals surface area contributed by atoms with Gasteiger partial charge in [-0.1, -0.05) is 117 Å². The number of hydrogen-bond donors (Lipinski definition) is 0. The Morgan fingerprint density at radius 3 is 1.56 bits per heavy atom. The highest BCUT2D eigenvalue weighted by Crippen LogP contribution is 2.43. The van der Waals surface area contributed by atoms with Gasteiger partial charge in [0, 0.05) is 17.5 Å². The van der Waals surface area contributed by atoms with Crippen molar-refractivity contribution in [2.45, 2.75) is 137 Å². The van der Waals surface area contributed by atoms with Gasteiger partial charge in [0.15, 0.2) is 23.1 Å². The molecule has 0 unspecified atom stereocenters. The molecule has 0 N–H and O–H groups in total. The fraction of sp³-hybridized carbons (Fsp3) is 0.676. The zero-order valence-corrected chi connectivity index (χ0v) is 26.1. The standard InChI is InChI=1S/C35H47F3O.C2H6/c1-3-5-23-7-11-25(12-8-23)15-17-27-19-20-29-22-30-21-28(18-16-26-13-9-24(6-4-2)10-14-26)31(36)33(38)35(30)39-34(29)32(27)37;1-2/h19-21,23-26H,3-18,22H2,1-2H3;1-2H3. The minimum atomic E-state index is -0.964. The summed E-state index contributed by atoms with van der Waals surface area (Å²) in [6.45, 7) is 8.50. The first-order valence-corrected chi connectivity index (χ1v) is 16.9. The third kappa shape index (κ3) is 7.90. The van der Waals surface area contributed by atoms with E-state index < -0.39 is 17.5 Å². The average Bonchev–Trinajstić information content (AvgIpc) is 3.00. The highest BCUT2D eigenvalue weighted by atomic mass is 19.2. The maximum Gasteiger partial charge on any atom is 0.201 e. The minimum Gasteiger partial charge on any atom is -0.450 e. The lowest BCUT2D eigenvalue weighted by atomic mass is 9.78. The maximum atomic E-state index is 15.5. The molecule has 2 aromatic rings. The second-order valence-corrected chi connectivity index (χ2v) is 12.9. The van der Waals surface area contributed by atoms with E-state index in [4.69, 9.17) is 4.74 Å². The largest absolute Gasteiger partial charge is 0.450 e. The van der Waals surface area contributed by atoms with Crippen molar-refractivity contribution < 1.29 is 17.9 Å². The normalized spacial score (nSPS) is 23.6. The number of benzene rings is 2. The third-order valence-electron chi connectivity index (χ3n) is 10.1. The Kier molecular flexibility index (Phi) is 12.1. The van der Waals surface area contributed by atoms with Gasteiger partial charge in [0.25, 0.3) is 0 Å². The van der Waals surface area contributed by atoms with E-state index in [1.165, 1.54) is 77.0 Å². The van der Waals surface area contributed by atoms with E-state index >= 15 is 13.2 Å². The molecule has 2 saturated carbocycles. The molecule has 1 heterocycles. The molecule has 0 bridgehead atoms. The van der Waals surface area contributed by atoms with E-state index in [1.54, 1.807) is 6.07 Å². The minimum absolute atomic E-state index is 0.0848. The number of rotatable bonds is 10. The fourth-order valence-electron chi connectivity index (χ4n) is 7.68. The zero-order valence-electron chi connectivity index (χ0n) is 26.1. The monoisotopic (exact) mass is 570 g/mol. The first-order valence-electron chi connectivity index (χ1n) is 16.9. The Morgan fingerprint density at radius 2 is 1.05 bits per heavy atom. The van der Waals surface area contributed by atoms with Crippen LogP contribution in [-0.4, -0.2) is 0 Å².